The van der Waals surface area contributed by atoms with Crippen molar-refractivity contribution >= 4 is 34.7 Å². The summed E-state index contributed by atoms with van der Waals surface area (Å²) in [6.45, 7) is 1.74. The molecule has 1 saturated heterocycles. The highest BCUT2D eigenvalue weighted by atomic mass is 35.5. The second-order valence-electron chi connectivity index (χ2n) is 7.51. The van der Waals surface area contributed by atoms with E-state index in [-0.39, 0.29) is 27.7 Å². The Morgan fingerprint density at radius 1 is 1.00 bits per heavy atom. The van der Waals surface area contributed by atoms with E-state index >= 15 is 0 Å². The van der Waals surface area contributed by atoms with Crippen molar-refractivity contribution in [3.8, 4) is 17.2 Å². The number of carbonyl (C=O) groups is 2. The van der Waals surface area contributed by atoms with Crippen LogP contribution in [0.3, 0.4) is 0 Å². The van der Waals surface area contributed by atoms with Crippen molar-refractivity contribution in [1.82, 2.24) is 0 Å². The molecule has 0 saturated carbocycles. The summed E-state index contributed by atoms with van der Waals surface area (Å²) >= 11 is 6.20. The molecule has 4 rings (SSSR count). The minimum atomic E-state index is -1.04. The lowest BCUT2D eigenvalue weighted by Crippen LogP contribution is -2.29. The molecule has 0 bridgehead atoms. The molecule has 2 aromatic carbocycles. The van der Waals surface area contributed by atoms with Gasteiger partial charge >= 0.3 is 0 Å². The third kappa shape index (κ3) is 3.86. The number of hydrogen-bond acceptors (Lipinski definition) is 7. The van der Waals surface area contributed by atoms with E-state index in [1.165, 1.54) is 38.4 Å². The van der Waals surface area contributed by atoms with E-state index in [9.17, 15) is 14.7 Å². The summed E-state index contributed by atoms with van der Waals surface area (Å²) in [5.41, 5.74) is 0.380. The van der Waals surface area contributed by atoms with Crippen molar-refractivity contribution in [1.29, 1.82) is 0 Å². The summed E-state index contributed by atoms with van der Waals surface area (Å²) in [4.78, 5) is 27.8. The quantitative estimate of drug-likeness (QED) is 0.302. The van der Waals surface area contributed by atoms with Crippen LogP contribution in [0.25, 0.3) is 5.76 Å². The minimum absolute atomic E-state index is 0.140. The highest BCUT2D eigenvalue weighted by Gasteiger charge is 2.48. The molecule has 2 heterocycles. The fourth-order valence-corrected chi connectivity index (χ4v) is 4.15. The molecule has 34 heavy (non-hydrogen) atoms. The number of ether oxygens (including phenoxy) is 3. The van der Waals surface area contributed by atoms with Crippen molar-refractivity contribution in [2.24, 2.45) is 0 Å². The van der Waals surface area contributed by atoms with Crippen LogP contribution in [0.4, 0.5) is 5.69 Å². The molecule has 1 unspecified atom stereocenters. The van der Waals surface area contributed by atoms with Crippen LogP contribution < -0.4 is 19.1 Å². The number of hydrogen-bond donors (Lipinski definition) is 1. The number of Topliss-reactive ketones (excluding diaryl/α,β-unsaturated/α-hetero) is 1. The Morgan fingerprint density at radius 2 is 1.74 bits per heavy atom. The molecule has 9 heteroatoms. The smallest absolute Gasteiger partial charge is 0.300 e. The number of ketones is 1. The summed E-state index contributed by atoms with van der Waals surface area (Å²) in [6, 6.07) is 12.0. The number of anilines is 1. The van der Waals surface area contributed by atoms with Crippen LogP contribution >= 0.6 is 11.6 Å². The molecular weight excluding hydrogens is 462 g/mol. The number of methoxy groups -OCH3 is 3. The Balaban J connectivity index is 1.98. The molecule has 1 fully saturated rings. The lowest BCUT2D eigenvalue weighted by molar-refractivity contribution is -0.132. The number of halogens is 1. The Bertz CT molecular complexity index is 1310. The van der Waals surface area contributed by atoms with Crippen LogP contribution in [0.5, 0.6) is 17.2 Å². The first-order chi connectivity index (χ1) is 16.3. The van der Waals surface area contributed by atoms with Gasteiger partial charge in [0.15, 0.2) is 0 Å². The molecule has 0 radical (unpaired) electrons. The molecule has 1 N–H and O–H groups in total. The van der Waals surface area contributed by atoms with Gasteiger partial charge in [0.2, 0.25) is 0 Å². The zero-order chi connectivity index (χ0) is 24.6. The molecular formula is C25H22ClNO7. The van der Waals surface area contributed by atoms with Gasteiger partial charge in [0, 0.05) is 17.8 Å². The predicted octanol–water partition coefficient (Wildman–Crippen LogP) is 4.89. The van der Waals surface area contributed by atoms with Crippen LogP contribution in [0.15, 0.2) is 58.5 Å². The minimum Gasteiger partial charge on any atom is -0.507 e. The van der Waals surface area contributed by atoms with Crippen LogP contribution in [-0.4, -0.2) is 38.1 Å². The first-order valence-electron chi connectivity index (χ1n) is 10.2. The molecule has 1 atom stereocenters. The van der Waals surface area contributed by atoms with Crippen LogP contribution in [0.1, 0.15) is 23.1 Å². The number of nitrogens with zero attached hydrogens (tertiary/aromatic N) is 1. The number of amides is 1. The van der Waals surface area contributed by atoms with Crippen LogP contribution in [-0.2, 0) is 9.59 Å². The van der Waals surface area contributed by atoms with E-state index in [4.69, 9.17) is 30.2 Å². The third-order valence-electron chi connectivity index (χ3n) is 5.54. The zero-order valence-corrected chi connectivity index (χ0v) is 19.7. The standard InChI is InChI=1S/C25H22ClNO7/c1-13-8-9-18(34-13)22-21(23(28)16-11-20(33-4)17(26)12-19(16)32-3)24(29)25(30)27(22)14-6-5-7-15(10-14)31-2/h5-12,22,28H,1-4H3/b23-21+. The maximum atomic E-state index is 13.3. The second-order valence-corrected chi connectivity index (χ2v) is 7.91. The molecule has 0 spiro atoms. The average Bonchev–Trinajstić information content (AvgIpc) is 3.38. The second kappa shape index (κ2) is 9.15. The fourth-order valence-electron chi connectivity index (χ4n) is 3.92. The van der Waals surface area contributed by atoms with Gasteiger partial charge in [-0.2, -0.15) is 0 Å². The van der Waals surface area contributed by atoms with Crippen molar-refractivity contribution in [3.05, 3.63) is 76.2 Å². The first kappa shape index (κ1) is 23.3. The fraction of sp³-hybridized carbons (Fsp3) is 0.200. The van der Waals surface area contributed by atoms with Gasteiger partial charge in [-0.15, -0.1) is 0 Å². The van der Waals surface area contributed by atoms with Crippen molar-refractivity contribution in [2.75, 3.05) is 26.2 Å². The summed E-state index contributed by atoms with van der Waals surface area (Å²) < 4.78 is 21.7. The number of aliphatic hydroxyl groups excluding tert-OH is 1. The van der Waals surface area contributed by atoms with E-state index in [0.29, 0.717) is 23.0 Å². The predicted molar refractivity (Wildman–Crippen MR) is 126 cm³/mol. The number of furan rings is 1. The van der Waals surface area contributed by atoms with E-state index in [1.807, 2.05) is 0 Å². The molecule has 1 aliphatic heterocycles. The molecule has 1 aromatic heterocycles. The number of benzene rings is 2. The topological polar surface area (TPSA) is 98.4 Å². The number of aryl methyl sites for hydroxylation is 1. The molecule has 0 aliphatic carbocycles. The van der Waals surface area contributed by atoms with E-state index in [0.717, 1.165) is 0 Å². The van der Waals surface area contributed by atoms with Gasteiger partial charge in [0.1, 0.15) is 40.6 Å². The van der Waals surface area contributed by atoms with Gasteiger partial charge in [0.25, 0.3) is 11.7 Å². The van der Waals surface area contributed by atoms with E-state index in [2.05, 4.69) is 0 Å². The number of carbonyl (C=O) groups excluding carboxylic acids is 2. The van der Waals surface area contributed by atoms with Crippen molar-refractivity contribution in [3.63, 3.8) is 0 Å². The Labute approximate surface area is 200 Å². The van der Waals surface area contributed by atoms with Gasteiger partial charge in [-0.25, -0.2) is 0 Å². The summed E-state index contributed by atoms with van der Waals surface area (Å²) in [5, 5.41) is 11.6. The molecule has 8 nitrogen and oxygen atoms in total. The highest BCUT2D eigenvalue weighted by molar-refractivity contribution is 6.51. The van der Waals surface area contributed by atoms with Crippen molar-refractivity contribution in [2.45, 2.75) is 13.0 Å². The first-order valence-corrected chi connectivity index (χ1v) is 10.6. The normalized spacial score (nSPS) is 17.2. The van der Waals surface area contributed by atoms with Gasteiger partial charge in [-0.3, -0.25) is 14.5 Å². The van der Waals surface area contributed by atoms with Gasteiger partial charge in [0.05, 0.1) is 37.5 Å². The maximum absolute atomic E-state index is 13.3. The zero-order valence-electron chi connectivity index (χ0n) is 18.9. The average molecular weight is 484 g/mol. The Morgan fingerprint density at radius 3 is 2.35 bits per heavy atom. The lowest BCUT2D eigenvalue weighted by atomic mass is 9.98. The maximum Gasteiger partial charge on any atom is 0.300 e. The SMILES string of the molecule is COc1cccc(N2C(=O)C(=O)/C(=C(/O)c3cc(OC)c(Cl)cc3OC)C2c2ccc(C)o2)c1. The molecule has 1 amide bonds. The van der Waals surface area contributed by atoms with Gasteiger partial charge < -0.3 is 23.7 Å². The Hall–Kier alpha value is -3.91. The monoisotopic (exact) mass is 483 g/mol. The molecule has 176 valence electrons. The van der Waals surface area contributed by atoms with E-state index < -0.39 is 23.5 Å². The summed E-state index contributed by atoms with van der Waals surface area (Å²) in [5.74, 6) is -0.309. The molecule has 1 aliphatic rings. The summed E-state index contributed by atoms with van der Waals surface area (Å²) in [7, 11) is 4.32. The van der Waals surface area contributed by atoms with Crippen molar-refractivity contribution < 1.29 is 33.3 Å². The largest absolute Gasteiger partial charge is 0.507 e. The van der Waals surface area contributed by atoms with Crippen LogP contribution in [0, 0.1) is 6.92 Å². The lowest BCUT2D eigenvalue weighted by Gasteiger charge is -2.24. The van der Waals surface area contributed by atoms with Gasteiger partial charge in [-0.05, 0) is 37.3 Å². The number of rotatable bonds is 6. The summed E-state index contributed by atoms with van der Waals surface area (Å²) in [6.07, 6.45) is 0. The van der Waals surface area contributed by atoms with Crippen LogP contribution in [0.2, 0.25) is 5.02 Å². The highest BCUT2D eigenvalue weighted by Crippen LogP contribution is 2.45. The Kier molecular flexibility index (Phi) is 6.26. The molecule has 3 aromatic rings. The van der Waals surface area contributed by atoms with E-state index in [1.54, 1.807) is 43.3 Å². The third-order valence-corrected chi connectivity index (χ3v) is 5.83. The number of aliphatic hydroxyl groups is 1. The van der Waals surface area contributed by atoms with Gasteiger partial charge in [-0.1, -0.05) is 17.7 Å².